The number of carbonyl (C=O) groups is 1. The summed E-state index contributed by atoms with van der Waals surface area (Å²) in [5.41, 5.74) is -0.210. The third-order valence-corrected chi connectivity index (χ3v) is 5.28. The Bertz CT molecular complexity index is 808. The molecule has 0 aliphatic carbocycles. The first kappa shape index (κ1) is 20.2. The largest absolute Gasteiger partial charge is 0.438 e. The van der Waals surface area contributed by atoms with Gasteiger partial charge in [0, 0.05) is 26.0 Å². The molecule has 4 nitrogen and oxygen atoms in total. The molecular formula is C21H22F3NO3. The minimum absolute atomic E-state index is 0.128. The monoisotopic (exact) mass is 393 g/mol. The van der Waals surface area contributed by atoms with Gasteiger partial charge >= 0.3 is 12.3 Å². The molecular weight excluding hydrogens is 371 g/mol. The summed E-state index contributed by atoms with van der Waals surface area (Å²) in [5, 5.41) is 9.48. The van der Waals surface area contributed by atoms with Gasteiger partial charge in [0.2, 0.25) is 0 Å². The summed E-state index contributed by atoms with van der Waals surface area (Å²) in [4.78, 5) is 14.2. The van der Waals surface area contributed by atoms with Crippen molar-refractivity contribution in [3.63, 3.8) is 0 Å². The molecule has 28 heavy (non-hydrogen) atoms. The molecule has 2 atom stereocenters. The number of hydrogen-bond donors (Lipinski definition) is 1. The molecule has 7 heteroatoms. The van der Waals surface area contributed by atoms with Crippen LogP contribution in [0.3, 0.4) is 0 Å². The van der Waals surface area contributed by atoms with Gasteiger partial charge in [-0.2, -0.15) is 13.2 Å². The van der Waals surface area contributed by atoms with Crippen LogP contribution in [0.25, 0.3) is 0 Å². The van der Waals surface area contributed by atoms with Gasteiger partial charge in [-0.05, 0) is 30.2 Å². The summed E-state index contributed by atoms with van der Waals surface area (Å²) in [6, 6.07) is 13.6. The SMILES string of the molecule is C[C@@H](c1ccc(C(F)(F)F)cc1)N1CCC(CCO)(c2ccccc2)OC1=O. The van der Waals surface area contributed by atoms with Crippen LogP contribution in [0, 0.1) is 0 Å². The lowest BCUT2D eigenvalue weighted by Crippen LogP contribution is -2.49. The van der Waals surface area contributed by atoms with E-state index >= 15 is 0 Å². The van der Waals surface area contributed by atoms with E-state index in [4.69, 9.17) is 4.74 Å². The van der Waals surface area contributed by atoms with E-state index in [0.29, 0.717) is 18.5 Å². The van der Waals surface area contributed by atoms with Gasteiger partial charge in [0.05, 0.1) is 11.6 Å². The van der Waals surface area contributed by atoms with E-state index in [9.17, 15) is 23.1 Å². The molecule has 1 saturated heterocycles. The van der Waals surface area contributed by atoms with Crippen molar-refractivity contribution < 1.29 is 27.8 Å². The Kier molecular flexibility index (Phi) is 5.65. The van der Waals surface area contributed by atoms with Gasteiger partial charge < -0.3 is 14.7 Å². The molecule has 150 valence electrons. The Morgan fingerprint density at radius 3 is 2.32 bits per heavy atom. The Hall–Kier alpha value is -2.54. The fourth-order valence-corrected chi connectivity index (χ4v) is 3.60. The van der Waals surface area contributed by atoms with Crippen LogP contribution in [-0.4, -0.2) is 29.3 Å². The van der Waals surface area contributed by atoms with Gasteiger partial charge in [0.15, 0.2) is 0 Å². The summed E-state index contributed by atoms with van der Waals surface area (Å²) in [7, 11) is 0. The molecule has 2 aromatic carbocycles. The molecule has 3 rings (SSSR count). The molecule has 1 aliphatic rings. The quantitative estimate of drug-likeness (QED) is 0.787. The van der Waals surface area contributed by atoms with Crippen LogP contribution >= 0.6 is 0 Å². The van der Waals surface area contributed by atoms with Crippen LogP contribution in [0.15, 0.2) is 54.6 Å². The third-order valence-electron chi connectivity index (χ3n) is 5.28. The maximum atomic E-state index is 12.8. The summed E-state index contributed by atoms with van der Waals surface area (Å²) in [6.45, 7) is 2.00. The van der Waals surface area contributed by atoms with Gasteiger partial charge in [-0.25, -0.2) is 4.79 Å². The highest BCUT2D eigenvalue weighted by Gasteiger charge is 2.43. The second-order valence-corrected chi connectivity index (χ2v) is 6.94. The van der Waals surface area contributed by atoms with Crippen LogP contribution in [-0.2, 0) is 16.5 Å². The number of halogens is 3. The molecule has 0 saturated carbocycles. The van der Waals surface area contributed by atoms with Gasteiger partial charge in [-0.3, -0.25) is 0 Å². The van der Waals surface area contributed by atoms with E-state index < -0.39 is 29.5 Å². The number of nitrogens with zero attached hydrogens (tertiary/aromatic N) is 1. The Labute approximate surface area is 161 Å². The number of cyclic esters (lactones) is 1. The molecule has 0 radical (unpaired) electrons. The summed E-state index contributed by atoms with van der Waals surface area (Å²) < 4.78 is 44.0. The van der Waals surface area contributed by atoms with Crippen LogP contribution in [0.1, 0.15) is 42.5 Å². The van der Waals surface area contributed by atoms with Gasteiger partial charge in [0.25, 0.3) is 0 Å². The van der Waals surface area contributed by atoms with Crippen LogP contribution in [0.5, 0.6) is 0 Å². The molecule has 1 N–H and O–H groups in total. The maximum Gasteiger partial charge on any atom is 0.416 e. The number of hydrogen-bond acceptors (Lipinski definition) is 3. The molecule has 1 aliphatic heterocycles. The minimum Gasteiger partial charge on any atom is -0.438 e. The molecule has 0 aromatic heterocycles. The second kappa shape index (κ2) is 7.83. The molecule has 1 amide bonds. The fraction of sp³-hybridized carbons (Fsp3) is 0.381. The average molecular weight is 393 g/mol. The zero-order chi connectivity index (χ0) is 20.4. The number of rotatable bonds is 5. The first-order valence-electron chi connectivity index (χ1n) is 9.10. The van der Waals surface area contributed by atoms with E-state index in [1.165, 1.54) is 17.0 Å². The molecule has 2 aromatic rings. The lowest BCUT2D eigenvalue weighted by molar-refractivity contribution is -0.137. The normalized spacial score (nSPS) is 21.3. The third kappa shape index (κ3) is 3.99. The smallest absolute Gasteiger partial charge is 0.416 e. The molecule has 0 bridgehead atoms. The summed E-state index contributed by atoms with van der Waals surface area (Å²) in [5.74, 6) is 0. The van der Waals surface area contributed by atoms with Crippen LogP contribution in [0.2, 0.25) is 0 Å². The van der Waals surface area contributed by atoms with Crippen molar-refractivity contribution in [3.05, 3.63) is 71.3 Å². The summed E-state index contributed by atoms with van der Waals surface area (Å²) >= 11 is 0. The molecule has 1 heterocycles. The fourth-order valence-electron chi connectivity index (χ4n) is 3.60. The Morgan fingerprint density at radius 2 is 1.79 bits per heavy atom. The van der Waals surface area contributed by atoms with Gasteiger partial charge in [-0.15, -0.1) is 0 Å². The second-order valence-electron chi connectivity index (χ2n) is 6.94. The predicted molar refractivity (Wildman–Crippen MR) is 97.5 cm³/mol. The van der Waals surface area contributed by atoms with Crippen molar-refractivity contribution in [1.82, 2.24) is 4.90 Å². The number of amides is 1. The van der Waals surface area contributed by atoms with E-state index in [2.05, 4.69) is 0 Å². The van der Waals surface area contributed by atoms with E-state index in [1.54, 1.807) is 6.92 Å². The topological polar surface area (TPSA) is 49.8 Å². The Balaban J connectivity index is 1.78. The standard InChI is InChI=1S/C21H22F3NO3/c1-15(16-7-9-18(10-8-16)21(22,23)24)25-13-11-20(12-14-26,28-19(25)27)17-5-3-2-4-6-17/h2-10,15,26H,11-14H2,1H3/t15-,20?/m0/s1. The van der Waals surface area contributed by atoms with Crippen molar-refractivity contribution in [1.29, 1.82) is 0 Å². The first-order chi connectivity index (χ1) is 13.3. The van der Waals surface area contributed by atoms with Crippen molar-refractivity contribution in [2.45, 2.75) is 37.6 Å². The van der Waals surface area contributed by atoms with Crippen molar-refractivity contribution in [3.8, 4) is 0 Å². The number of carbonyl (C=O) groups excluding carboxylic acids is 1. The predicted octanol–water partition coefficient (Wildman–Crippen LogP) is 4.89. The number of aliphatic hydroxyl groups excluding tert-OH is 1. The summed E-state index contributed by atoms with van der Waals surface area (Å²) in [6.07, 6.45) is -4.18. The van der Waals surface area contributed by atoms with E-state index in [0.717, 1.165) is 17.7 Å². The molecule has 0 spiro atoms. The van der Waals surface area contributed by atoms with Crippen LogP contribution < -0.4 is 0 Å². The van der Waals surface area contributed by atoms with E-state index in [1.807, 2.05) is 30.3 Å². The minimum atomic E-state index is -4.40. The van der Waals surface area contributed by atoms with Crippen molar-refractivity contribution in [2.24, 2.45) is 0 Å². The molecule has 1 unspecified atom stereocenters. The van der Waals surface area contributed by atoms with E-state index in [-0.39, 0.29) is 13.0 Å². The zero-order valence-corrected chi connectivity index (χ0v) is 15.4. The van der Waals surface area contributed by atoms with Gasteiger partial charge in [0.1, 0.15) is 5.60 Å². The number of ether oxygens (including phenoxy) is 1. The average Bonchev–Trinajstić information content (AvgIpc) is 2.68. The highest BCUT2D eigenvalue weighted by atomic mass is 19.4. The first-order valence-corrected chi connectivity index (χ1v) is 9.10. The van der Waals surface area contributed by atoms with Crippen molar-refractivity contribution in [2.75, 3.05) is 13.2 Å². The Morgan fingerprint density at radius 1 is 1.14 bits per heavy atom. The zero-order valence-electron chi connectivity index (χ0n) is 15.4. The van der Waals surface area contributed by atoms with Crippen molar-refractivity contribution >= 4 is 6.09 Å². The van der Waals surface area contributed by atoms with Gasteiger partial charge in [-0.1, -0.05) is 42.5 Å². The highest BCUT2D eigenvalue weighted by molar-refractivity contribution is 5.70. The molecule has 1 fully saturated rings. The lowest BCUT2D eigenvalue weighted by Gasteiger charge is -2.43. The van der Waals surface area contributed by atoms with Crippen LogP contribution in [0.4, 0.5) is 18.0 Å². The number of aliphatic hydroxyl groups is 1. The number of benzene rings is 2. The highest BCUT2D eigenvalue weighted by Crippen LogP contribution is 2.39. The lowest BCUT2D eigenvalue weighted by atomic mass is 9.85. The number of alkyl halides is 3. The maximum absolute atomic E-state index is 12.8.